The molecular formula is C16H25NOS2. The highest BCUT2D eigenvalue weighted by Gasteiger charge is 2.54. The molecule has 0 aromatic heterocycles. The summed E-state index contributed by atoms with van der Waals surface area (Å²) in [6.45, 7) is 6.00. The molecule has 4 saturated carbocycles. The second-order valence-electron chi connectivity index (χ2n) is 7.03. The van der Waals surface area contributed by atoms with E-state index in [0.717, 1.165) is 54.4 Å². The van der Waals surface area contributed by atoms with Gasteiger partial charge in [0.2, 0.25) is 5.12 Å². The topological polar surface area (TPSA) is 20.3 Å². The van der Waals surface area contributed by atoms with Gasteiger partial charge in [-0.05, 0) is 81.9 Å². The molecule has 0 aromatic rings. The Labute approximate surface area is 132 Å². The van der Waals surface area contributed by atoms with Crippen molar-refractivity contribution in [2.24, 2.45) is 23.2 Å². The third-order valence-electron chi connectivity index (χ3n) is 5.67. The average Bonchev–Trinajstić information content (AvgIpc) is 2.38. The average molecular weight is 312 g/mol. The minimum absolute atomic E-state index is 0.0172. The van der Waals surface area contributed by atoms with Crippen LogP contribution < -0.4 is 0 Å². The first-order valence-corrected chi connectivity index (χ1v) is 9.30. The van der Waals surface area contributed by atoms with E-state index in [4.69, 9.17) is 12.2 Å². The molecular weight excluding hydrogens is 286 g/mol. The van der Waals surface area contributed by atoms with Gasteiger partial charge >= 0.3 is 0 Å². The van der Waals surface area contributed by atoms with E-state index in [1.165, 1.54) is 31.0 Å². The minimum Gasteiger partial charge on any atom is -0.358 e. The first-order chi connectivity index (χ1) is 9.56. The Kier molecular flexibility index (Phi) is 4.15. The summed E-state index contributed by atoms with van der Waals surface area (Å²) in [6.07, 6.45) is 7.59. The highest BCUT2D eigenvalue weighted by atomic mass is 32.2. The van der Waals surface area contributed by atoms with Crippen LogP contribution in [0.4, 0.5) is 0 Å². The molecule has 0 unspecified atom stereocenters. The zero-order valence-corrected chi connectivity index (χ0v) is 14.2. The molecule has 4 aliphatic rings. The predicted octanol–water partition coefficient (Wildman–Crippen LogP) is 4.09. The highest BCUT2D eigenvalue weighted by Crippen LogP contribution is 2.61. The minimum atomic E-state index is -0.0172. The van der Waals surface area contributed by atoms with Crippen LogP contribution in [0.2, 0.25) is 0 Å². The quantitative estimate of drug-likeness (QED) is 0.731. The van der Waals surface area contributed by atoms with Crippen LogP contribution in [0.3, 0.4) is 0 Å². The third kappa shape index (κ3) is 2.54. The lowest BCUT2D eigenvalue weighted by molar-refractivity contribution is -0.134. The van der Waals surface area contributed by atoms with Gasteiger partial charge < -0.3 is 4.90 Å². The molecule has 0 saturated heterocycles. The van der Waals surface area contributed by atoms with E-state index < -0.39 is 0 Å². The standard InChI is InChI=1S/C16H25NOS2/c1-3-17(4-2)15(19)20-14(18)16-8-11-5-12(9-16)7-13(6-11)10-16/h11-13H,3-10H2,1-2H3. The van der Waals surface area contributed by atoms with Crippen molar-refractivity contribution in [1.29, 1.82) is 0 Å². The van der Waals surface area contributed by atoms with Crippen molar-refractivity contribution in [3.8, 4) is 0 Å². The number of nitrogens with zero attached hydrogens (tertiary/aromatic N) is 1. The number of carbonyl (C=O) groups is 1. The molecule has 4 aliphatic carbocycles. The van der Waals surface area contributed by atoms with Crippen LogP contribution in [-0.2, 0) is 4.79 Å². The van der Waals surface area contributed by atoms with Crippen molar-refractivity contribution in [2.75, 3.05) is 13.1 Å². The molecule has 0 amide bonds. The summed E-state index contributed by atoms with van der Waals surface area (Å²) >= 11 is 6.84. The Morgan fingerprint density at radius 3 is 1.95 bits per heavy atom. The Balaban J connectivity index is 1.69. The molecule has 4 bridgehead atoms. The Morgan fingerprint density at radius 2 is 1.55 bits per heavy atom. The van der Waals surface area contributed by atoms with Crippen molar-refractivity contribution >= 4 is 33.4 Å². The van der Waals surface area contributed by atoms with Gasteiger partial charge in [0, 0.05) is 18.5 Å². The monoisotopic (exact) mass is 311 g/mol. The van der Waals surface area contributed by atoms with Crippen LogP contribution in [0.25, 0.3) is 0 Å². The second-order valence-corrected chi connectivity index (χ2v) is 8.63. The third-order valence-corrected chi connectivity index (χ3v) is 7.23. The Morgan fingerprint density at radius 1 is 1.10 bits per heavy atom. The van der Waals surface area contributed by atoms with Crippen molar-refractivity contribution in [2.45, 2.75) is 52.4 Å². The molecule has 0 spiro atoms. The summed E-state index contributed by atoms with van der Waals surface area (Å²) < 4.78 is 0.788. The van der Waals surface area contributed by atoms with E-state index >= 15 is 0 Å². The van der Waals surface area contributed by atoms with E-state index in [1.807, 2.05) is 0 Å². The maximum absolute atomic E-state index is 12.9. The molecule has 2 nitrogen and oxygen atoms in total. The van der Waals surface area contributed by atoms with Crippen LogP contribution >= 0.6 is 24.0 Å². The number of rotatable bonds is 3. The zero-order valence-electron chi connectivity index (χ0n) is 12.6. The maximum atomic E-state index is 12.9. The van der Waals surface area contributed by atoms with E-state index in [9.17, 15) is 4.79 Å². The van der Waals surface area contributed by atoms with Gasteiger partial charge in [-0.2, -0.15) is 0 Å². The fourth-order valence-electron chi connectivity index (χ4n) is 5.09. The van der Waals surface area contributed by atoms with E-state index in [0.29, 0.717) is 5.12 Å². The summed E-state index contributed by atoms with van der Waals surface area (Å²) in [5, 5.41) is 0.383. The van der Waals surface area contributed by atoms with Gasteiger partial charge in [-0.1, -0.05) is 12.2 Å². The summed E-state index contributed by atoms with van der Waals surface area (Å²) in [5.41, 5.74) is -0.0172. The molecule has 4 fully saturated rings. The van der Waals surface area contributed by atoms with Gasteiger partial charge in [-0.25, -0.2) is 0 Å². The van der Waals surface area contributed by atoms with Crippen LogP contribution in [0, 0.1) is 23.2 Å². The number of hydrogen-bond acceptors (Lipinski definition) is 3. The largest absolute Gasteiger partial charge is 0.358 e. The first-order valence-electron chi connectivity index (χ1n) is 8.07. The summed E-state index contributed by atoms with van der Waals surface area (Å²) in [4.78, 5) is 15.0. The first kappa shape index (κ1) is 14.8. The molecule has 0 atom stereocenters. The van der Waals surface area contributed by atoms with Crippen LogP contribution in [0.1, 0.15) is 52.4 Å². The Bertz CT molecular complexity index is 381. The van der Waals surface area contributed by atoms with E-state index in [2.05, 4.69) is 18.7 Å². The van der Waals surface area contributed by atoms with Gasteiger partial charge in [0.15, 0.2) is 0 Å². The van der Waals surface area contributed by atoms with Crippen molar-refractivity contribution in [3.63, 3.8) is 0 Å². The van der Waals surface area contributed by atoms with Gasteiger partial charge in [0.25, 0.3) is 0 Å². The van der Waals surface area contributed by atoms with Crippen molar-refractivity contribution in [3.05, 3.63) is 0 Å². The lowest BCUT2D eigenvalue weighted by atomic mass is 9.50. The van der Waals surface area contributed by atoms with E-state index in [1.54, 1.807) is 0 Å². The molecule has 4 heteroatoms. The second kappa shape index (κ2) is 5.60. The van der Waals surface area contributed by atoms with Gasteiger partial charge in [0.1, 0.15) is 4.32 Å². The molecule has 0 aromatic carbocycles. The summed E-state index contributed by atoms with van der Waals surface area (Å²) in [7, 11) is 0. The molecule has 0 N–H and O–H groups in total. The summed E-state index contributed by atoms with van der Waals surface area (Å²) in [6, 6.07) is 0. The molecule has 112 valence electrons. The SMILES string of the molecule is CCN(CC)C(=S)SC(=O)C12CC3CC(CC(C3)C1)C2. The number of thioether (sulfide) groups is 1. The van der Waals surface area contributed by atoms with Gasteiger partial charge in [-0.3, -0.25) is 4.79 Å². The van der Waals surface area contributed by atoms with Crippen LogP contribution in [-0.4, -0.2) is 27.4 Å². The Hall–Kier alpha value is -0.0900. The smallest absolute Gasteiger partial charge is 0.202 e. The number of hydrogen-bond donors (Lipinski definition) is 0. The molecule has 0 radical (unpaired) electrons. The fourth-order valence-corrected chi connectivity index (χ4v) is 6.59. The molecule has 0 aliphatic heterocycles. The van der Waals surface area contributed by atoms with Crippen molar-refractivity contribution in [1.82, 2.24) is 4.90 Å². The van der Waals surface area contributed by atoms with Crippen LogP contribution in [0.15, 0.2) is 0 Å². The number of carbonyl (C=O) groups excluding carboxylic acids is 1. The highest BCUT2D eigenvalue weighted by molar-refractivity contribution is 8.32. The van der Waals surface area contributed by atoms with Crippen molar-refractivity contribution < 1.29 is 4.79 Å². The summed E-state index contributed by atoms with van der Waals surface area (Å²) in [5.74, 6) is 2.48. The lowest BCUT2D eigenvalue weighted by Crippen LogP contribution is -2.49. The zero-order chi connectivity index (χ0) is 14.3. The van der Waals surface area contributed by atoms with Gasteiger partial charge in [0.05, 0.1) is 0 Å². The molecule has 0 heterocycles. The number of thiocarbonyl (C=S) groups is 1. The predicted molar refractivity (Wildman–Crippen MR) is 88.7 cm³/mol. The fraction of sp³-hybridized carbons (Fsp3) is 0.875. The lowest BCUT2D eigenvalue weighted by Gasteiger charge is -2.55. The van der Waals surface area contributed by atoms with Gasteiger partial charge in [-0.15, -0.1) is 0 Å². The molecule has 20 heavy (non-hydrogen) atoms. The van der Waals surface area contributed by atoms with Crippen LogP contribution in [0.5, 0.6) is 0 Å². The van der Waals surface area contributed by atoms with E-state index in [-0.39, 0.29) is 5.41 Å². The maximum Gasteiger partial charge on any atom is 0.202 e. The normalized spacial score (nSPS) is 38.0. The molecule has 4 rings (SSSR count).